The molecular weight excluding hydrogens is 264 g/mol. The Hall–Kier alpha value is -2.13. The Labute approximate surface area is 116 Å². The zero-order valence-electron chi connectivity index (χ0n) is 10.4. The maximum atomic E-state index is 11.9. The van der Waals surface area contributed by atoms with Crippen molar-refractivity contribution in [3.05, 3.63) is 24.3 Å². The van der Waals surface area contributed by atoms with E-state index < -0.39 is 18.5 Å². The van der Waals surface area contributed by atoms with Crippen molar-refractivity contribution in [3.63, 3.8) is 0 Å². The Morgan fingerprint density at radius 2 is 2.26 bits per heavy atom. The Morgan fingerprint density at radius 1 is 1.53 bits per heavy atom. The van der Waals surface area contributed by atoms with Crippen LogP contribution in [0, 0.1) is 12.3 Å². The van der Waals surface area contributed by atoms with E-state index in [1.165, 1.54) is 0 Å². The van der Waals surface area contributed by atoms with Crippen molar-refractivity contribution in [2.45, 2.75) is 4.90 Å². The second-order valence-corrected chi connectivity index (χ2v) is 4.50. The highest BCUT2D eigenvalue weighted by Crippen LogP contribution is 2.19. The van der Waals surface area contributed by atoms with E-state index in [4.69, 9.17) is 11.5 Å². The van der Waals surface area contributed by atoms with E-state index in [9.17, 15) is 9.59 Å². The first kappa shape index (κ1) is 14.9. The van der Waals surface area contributed by atoms with Crippen molar-refractivity contribution in [1.29, 1.82) is 0 Å². The average molecular weight is 278 g/mol. The smallest absolute Gasteiger partial charge is 0.323 e. The molecule has 2 amide bonds. The minimum absolute atomic E-state index is 0.0552. The lowest BCUT2D eigenvalue weighted by atomic mass is 10.3. The largest absolute Gasteiger partial charge is 0.480 e. The molecule has 0 heterocycles. The van der Waals surface area contributed by atoms with Crippen LogP contribution in [0.25, 0.3) is 0 Å². The number of carboxylic acids is 1. The maximum Gasteiger partial charge on any atom is 0.323 e. The number of aliphatic carboxylic acids is 1. The summed E-state index contributed by atoms with van der Waals surface area (Å²) < 4.78 is 0. The highest BCUT2D eigenvalue weighted by Gasteiger charge is 2.15. The molecule has 0 aliphatic heterocycles. The number of urea groups is 1. The summed E-state index contributed by atoms with van der Waals surface area (Å²) in [5, 5.41) is 11.3. The van der Waals surface area contributed by atoms with Crippen LogP contribution >= 0.6 is 11.8 Å². The molecule has 1 aromatic rings. The molecule has 6 heteroatoms. The summed E-state index contributed by atoms with van der Waals surface area (Å²) >= 11 is 1.55. The number of thioether (sulfide) groups is 1. The van der Waals surface area contributed by atoms with Gasteiger partial charge in [0.1, 0.15) is 6.54 Å². The summed E-state index contributed by atoms with van der Waals surface area (Å²) in [5.74, 6) is 1.15. The van der Waals surface area contributed by atoms with Gasteiger partial charge in [-0.1, -0.05) is 12.0 Å². The average Bonchev–Trinajstić information content (AvgIpc) is 2.38. The summed E-state index contributed by atoms with van der Waals surface area (Å²) in [6, 6.07) is 6.73. The van der Waals surface area contributed by atoms with Gasteiger partial charge in [0.2, 0.25) is 0 Å². The number of rotatable bonds is 5. The number of carbonyl (C=O) groups is 2. The van der Waals surface area contributed by atoms with E-state index in [1.807, 2.05) is 18.4 Å². The van der Waals surface area contributed by atoms with Gasteiger partial charge >= 0.3 is 12.0 Å². The highest BCUT2D eigenvalue weighted by atomic mass is 32.2. The number of nitrogens with one attached hydrogen (secondary N) is 1. The zero-order chi connectivity index (χ0) is 14.3. The fraction of sp³-hybridized carbons (Fsp3) is 0.231. The summed E-state index contributed by atoms with van der Waals surface area (Å²) in [4.78, 5) is 24.6. The van der Waals surface area contributed by atoms with Crippen molar-refractivity contribution in [1.82, 2.24) is 4.90 Å². The van der Waals surface area contributed by atoms with Crippen LogP contribution in [-0.2, 0) is 4.79 Å². The van der Waals surface area contributed by atoms with E-state index in [-0.39, 0.29) is 6.54 Å². The van der Waals surface area contributed by atoms with E-state index in [0.29, 0.717) is 5.69 Å². The number of nitrogens with zero attached hydrogens (tertiary/aromatic N) is 1. The van der Waals surface area contributed by atoms with Crippen LogP contribution in [0.15, 0.2) is 29.2 Å². The van der Waals surface area contributed by atoms with Gasteiger partial charge in [-0.3, -0.25) is 4.79 Å². The van der Waals surface area contributed by atoms with Gasteiger partial charge in [0.25, 0.3) is 0 Å². The second-order valence-electron chi connectivity index (χ2n) is 3.62. The monoisotopic (exact) mass is 278 g/mol. The lowest BCUT2D eigenvalue weighted by Crippen LogP contribution is -2.39. The number of amides is 2. The molecule has 0 aromatic heterocycles. The van der Waals surface area contributed by atoms with E-state index in [2.05, 4.69) is 11.2 Å². The molecule has 0 aliphatic carbocycles. The number of terminal acetylenes is 1. The molecule has 1 rings (SSSR count). The predicted molar refractivity (Wildman–Crippen MR) is 75.3 cm³/mol. The molecule has 0 radical (unpaired) electrons. The molecule has 1 aromatic carbocycles. The third kappa shape index (κ3) is 4.94. The van der Waals surface area contributed by atoms with Crippen LogP contribution in [0.3, 0.4) is 0 Å². The first-order chi connectivity index (χ1) is 9.06. The van der Waals surface area contributed by atoms with Gasteiger partial charge in [-0.15, -0.1) is 18.2 Å². The number of carboxylic acid groups (broad SMARTS) is 1. The molecule has 100 valence electrons. The van der Waals surface area contributed by atoms with Gasteiger partial charge in [0.15, 0.2) is 0 Å². The SMILES string of the molecule is C#CCN(CC(=O)O)C(=O)Nc1cccc(SC)c1. The standard InChI is InChI=1S/C13H14N2O3S/c1-3-7-15(9-12(16)17)13(18)14-10-5-4-6-11(8-10)19-2/h1,4-6,8H,7,9H2,2H3,(H,14,18)(H,16,17). The topological polar surface area (TPSA) is 69.6 Å². The van der Waals surface area contributed by atoms with Crippen LogP contribution in [0.1, 0.15) is 0 Å². The van der Waals surface area contributed by atoms with Crippen molar-refractivity contribution >= 4 is 29.4 Å². The number of carbonyl (C=O) groups excluding carboxylic acids is 1. The summed E-state index contributed by atoms with van der Waals surface area (Å²) in [6.45, 7) is -0.487. The number of hydrogen-bond donors (Lipinski definition) is 2. The number of anilines is 1. The lowest BCUT2D eigenvalue weighted by Gasteiger charge is -2.18. The molecule has 0 aliphatic rings. The van der Waals surface area contributed by atoms with E-state index in [1.54, 1.807) is 23.9 Å². The molecular formula is C13H14N2O3S. The van der Waals surface area contributed by atoms with Gasteiger partial charge in [-0.25, -0.2) is 4.79 Å². The zero-order valence-corrected chi connectivity index (χ0v) is 11.2. The van der Waals surface area contributed by atoms with Gasteiger partial charge in [0.05, 0.1) is 6.54 Å². The Kier molecular flexibility index (Phi) is 5.76. The minimum atomic E-state index is -1.11. The third-order valence-corrected chi connectivity index (χ3v) is 2.94. The summed E-state index contributed by atoms with van der Waals surface area (Å²) in [6.07, 6.45) is 7.04. The Morgan fingerprint density at radius 3 is 2.84 bits per heavy atom. The maximum absolute atomic E-state index is 11.9. The van der Waals surface area contributed by atoms with Gasteiger partial charge in [0, 0.05) is 10.6 Å². The molecule has 19 heavy (non-hydrogen) atoms. The van der Waals surface area contributed by atoms with Crippen molar-refractivity contribution < 1.29 is 14.7 Å². The van der Waals surface area contributed by atoms with E-state index >= 15 is 0 Å². The summed E-state index contributed by atoms with van der Waals surface area (Å²) in [5.41, 5.74) is 0.601. The van der Waals surface area contributed by atoms with Crippen molar-refractivity contribution in [3.8, 4) is 12.3 Å². The van der Waals surface area contributed by atoms with Gasteiger partial charge < -0.3 is 15.3 Å². The molecule has 0 saturated heterocycles. The Balaban J connectivity index is 2.75. The molecule has 0 saturated carbocycles. The predicted octanol–water partition coefficient (Wildman–Crippen LogP) is 1.96. The molecule has 5 nitrogen and oxygen atoms in total. The molecule has 0 bridgehead atoms. The van der Waals surface area contributed by atoms with Crippen molar-refractivity contribution in [2.24, 2.45) is 0 Å². The number of hydrogen-bond acceptors (Lipinski definition) is 3. The summed E-state index contributed by atoms with van der Waals surface area (Å²) in [7, 11) is 0. The fourth-order valence-corrected chi connectivity index (χ4v) is 1.84. The van der Waals surface area contributed by atoms with Gasteiger partial charge in [-0.05, 0) is 24.5 Å². The second kappa shape index (κ2) is 7.34. The first-order valence-electron chi connectivity index (χ1n) is 5.42. The molecule has 0 spiro atoms. The first-order valence-corrected chi connectivity index (χ1v) is 6.64. The van der Waals surface area contributed by atoms with Gasteiger partial charge in [-0.2, -0.15) is 0 Å². The Bertz CT molecular complexity index is 511. The molecule has 0 fully saturated rings. The molecule has 0 atom stereocenters. The van der Waals surface area contributed by atoms with Crippen LogP contribution in [0.2, 0.25) is 0 Å². The highest BCUT2D eigenvalue weighted by molar-refractivity contribution is 7.98. The molecule has 0 unspecified atom stereocenters. The minimum Gasteiger partial charge on any atom is -0.480 e. The third-order valence-electron chi connectivity index (χ3n) is 2.22. The normalized spacial score (nSPS) is 9.47. The number of benzene rings is 1. The lowest BCUT2D eigenvalue weighted by molar-refractivity contribution is -0.137. The van der Waals surface area contributed by atoms with Crippen LogP contribution in [0.5, 0.6) is 0 Å². The quantitative estimate of drug-likeness (QED) is 0.638. The van der Waals surface area contributed by atoms with E-state index in [0.717, 1.165) is 9.80 Å². The fourth-order valence-electron chi connectivity index (χ4n) is 1.38. The molecule has 2 N–H and O–H groups in total. The van der Waals surface area contributed by atoms with Crippen LogP contribution < -0.4 is 5.32 Å². The van der Waals surface area contributed by atoms with Crippen LogP contribution in [-0.4, -0.2) is 41.4 Å². The van der Waals surface area contributed by atoms with Crippen LogP contribution in [0.4, 0.5) is 10.5 Å². The van der Waals surface area contributed by atoms with Crippen molar-refractivity contribution in [2.75, 3.05) is 24.7 Å².